The summed E-state index contributed by atoms with van der Waals surface area (Å²) in [6, 6.07) is 15.2. The van der Waals surface area contributed by atoms with Crippen LogP contribution in [0.25, 0.3) is 5.70 Å². The second-order valence-corrected chi connectivity index (χ2v) is 7.49. The molecule has 0 aliphatic carbocycles. The molecule has 3 rings (SSSR count). The minimum absolute atomic E-state index is 0.217. The maximum Gasteiger partial charge on any atom is 0.338 e. The molecule has 0 aromatic heterocycles. The maximum atomic E-state index is 13.2. The number of carbonyl (C=O) groups is 3. The molecular weight excluding hydrogens is 420 g/mol. The second kappa shape index (κ2) is 11.2. The maximum absolute atomic E-state index is 13.2. The number of rotatable bonds is 8. The normalized spacial score (nSPS) is 15.7. The van der Waals surface area contributed by atoms with Crippen molar-refractivity contribution in [1.29, 1.82) is 0 Å². The molecule has 174 valence electrons. The van der Waals surface area contributed by atoms with Crippen molar-refractivity contribution in [3.63, 3.8) is 0 Å². The molecular formula is C25H30N4O4. The zero-order chi connectivity index (χ0) is 23.8. The lowest BCUT2D eigenvalue weighted by Gasteiger charge is -2.36. The minimum Gasteiger partial charge on any atom is -0.463 e. The molecule has 1 unspecified atom stereocenters. The number of urea groups is 2. The molecule has 4 amide bonds. The van der Waals surface area contributed by atoms with E-state index in [1.54, 1.807) is 36.1 Å². The lowest BCUT2D eigenvalue weighted by Crippen LogP contribution is -2.48. The summed E-state index contributed by atoms with van der Waals surface area (Å²) in [5.74, 6) is -0.480. The summed E-state index contributed by atoms with van der Waals surface area (Å²) in [6.07, 6.45) is 0.727. The number of esters is 1. The van der Waals surface area contributed by atoms with E-state index in [0.29, 0.717) is 35.6 Å². The molecule has 8 nitrogen and oxygen atoms in total. The van der Waals surface area contributed by atoms with E-state index in [2.05, 4.69) is 16.0 Å². The van der Waals surface area contributed by atoms with Crippen molar-refractivity contribution in [1.82, 2.24) is 15.5 Å². The van der Waals surface area contributed by atoms with Crippen molar-refractivity contribution < 1.29 is 19.1 Å². The van der Waals surface area contributed by atoms with E-state index in [1.807, 2.05) is 44.2 Å². The van der Waals surface area contributed by atoms with Gasteiger partial charge in [-0.05, 0) is 43.5 Å². The van der Waals surface area contributed by atoms with Crippen LogP contribution in [0.3, 0.4) is 0 Å². The van der Waals surface area contributed by atoms with Crippen molar-refractivity contribution in [3.8, 4) is 0 Å². The van der Waals surface area contributed by atoms with Crippen LogP contribution in [0, 0.1) is 0 Å². The van der Waals surface area contributed by atoms with Gasteiger partial charge < -0.3 is 20.7 Å². The van der Waals surface area contributed by atoms with Gasteiger partial charge in [-0.3, -0.25) is 4.90 Å². The topological polar surface area (TPSA) is 99.8 Å². The van der Waals surface area contributed by atoms with Crippen LogP contribution in [0.5, 0.6) is 0 Å². The summed E-state index contributed by atoms with van der Waals surface area (Å²) in [5.41, 5.74) is 3.00. The Morgan fingerprint density at radius 1 is 1.03 bits per heavy atom. The Balaban J connectivity index is 2.09. The molecule has 1 atom stereocenters. The van der Waals surface area contributed by atoms with E-state index in [4.69, 9.17) is 4.74 Å². The van der Waals surface area contributed by atoms with E-state index in [1.165, 1.54) is 0 Å². The first kappa shape index (κ1) is 23.8. The highest BCUT2D eigenvalue weighted by Gasteiger charge is 2.38. The Kier molecular flexibility index (Phi) is 8.07. The summed E-state index contributed by atoms with van der Waals surface area (Å²) in [5, 5.41) is 8.38. The fourth-order valence-corrected chi connectivity index (χ4v) is 3.77. The third-order valence-corrected chi connectivity index (χ3v) is 5.16. The lowest BCUT2D eigenvalue weighted by molar-refractivity contribution is -0.138. The molecule has 1 heterocycles. The number of ether oxygens (including phenoxy) is 1. The highest BCUT2D eigenvalue weighted by atomic mass is 16.5. The first-order chi connectivity index (χ1) is 16.0. The number of nitrogens with one attached hydrogen (secondary N) is 3. The van der Waals surface area contributed by atoms with Gasteiger partial charge in [-0.1, -0.05) is 49.4 Å². The second-order valence-electron chi connectivity index (χ2n) is 7.49. The molecule has 0 saturated heterocycles. The first-order valence-electron chi connectivity index (χ1n) is 11.2. The highest BCUT2D eigenvalue weighted by Crippen LogP contribution is 2.37. The summed E-state index contributed by atoms with van der Waals surface area (Å²) in [6.45, 7) is 6.76. The average molecular weight is 451 g/mol. The molecule has 0 fully saturated rings. The first-order valence-corrected chi connectivity index (χ1v) is 11.2. The number of anilines is 1. The van der Waals surface area contributed by atoms with Crippen LogP contribution in [0.2, 0.25) is 0 Å². The van der Waals surface area contributed by atoms with Gasteiger partial charge in [0.1, 0.15) is 0 Å². The van der Waals surface area contributed by atoms with Crippen molar-refractivity contribution >= 4 is 29.4 Å². The Hall–Kier alpha value is -3.81. The van der Waals surface area contributed by atoms with Crippen molar-refractivity contribution in [2.24, 2.45) is 0 Å². The summed E-state index contributed by atoms with van der Waals surface area (Å²) in [7, 11) is 0. The smallest absolute Gasteiger partial charge is 0.338 e. The van der Waals surface area contributed by atoms with E-state index < -0.39 is 12.0 Å². The zero-order valence-electron chi connectivity index (χ0n) is 19.2. The molecule has 1 aliphatic rings. The van der Waals surface area contributed by atoms with Gasteiger partial charge in [-0.25, -0.2) is 14.4 Å². The van der Waals surface area contributed by atoms with Gasteiger partial charge in [-0.15, -0.1) is 0 Å². The molecule has 0 bridgehead atoms. The van der Waals surface area contributed by atoms with Gasteiger partial charge in [0.15, 0.2) is 0 Å². The monoisotopic (exact) mass is 450 g/mol. The van der Waals surface area contributed by atoms with Gasteiger partial charge in [0.2, 0.25) is 0 Å². The Morgan fingerprint density at radius 3 is 2.33 bits per heavy atom. The SMILES string of the molecule is CCCN1C(=O)NC(c2ccc(NC(=O)NCC)cc2)C(C(=O)OCC)=C1c1ccccc1. The van der Waals surface area contributed by atoms with Crippen LogP contribution < -0.4 is 16.0 Å². The van der Waals surface area contributed by atoms with Gasteiger partial charge >= 0.3 is 18.0 Å². The minimum atomic E-state index is -0.696. The number of benzene rings is 2. The summed E-state index contributed by atoms with van der Waals surface area (Å²) < 4.78 is 5.41. The predicted molar refractivity (Wildman–Crippen MR) is 127 cm³/mol. The Bertz CT molecular complexity index is 1020. The summed E-state index contributed by atoms with van der Waals surface area (Å²) in [4.78, 5) is 39.7. The standard InChI is InChI=1S/C25H30N4O4/c1-4-16-29-22(18-10-8-7-9-11-18)20(23(30)33-6-3)21(28-25(29)32)17-12-14-19(15-13-17)27-24(31)26-5-2/h7-15,21H,4-6,16H2,1-3H3,(H,28,32)(H2,26,27,31). The molecule has 33 heavy (non-hydrogen) atoms. The van der Waals surface area contributed by atoms with Gasteiger partial charge in [0.05, 0.1) is 23.9 Å². The van der Waals surface area contributed by atoms with Crippen LogP contribution >= 0.6 is 0 Å². The van der Waals surface area contributed by atoms with Crippen molar-refractivity contribution in [3.05, 3.63) is 71.3 Å². The average Bonchev–Trinajstić information content (AvgIpc) is 2.81. The quantitative estimate of drug-likeness (QED) is 0.523. The van der Waals surface area contributed by atoms with Crippen LogP contribution in [0.15, 0.2) is 60.2 Å². The summed E-state index contributed by atoms with van der Waals surface area (Å²) >= 11 is 0. The van der Waals surface area contributed by atoms with E-state index in [9.17, 15) is 14.4 Å². The van der Waals surface area contributed by atoms with E-state index in [0.717, 1.165) is 12.0 Å². The fraction of sp³-hybridized carbons (Fsp3) is 0.320. The van der Waals surface area contributed by atoms with Crippen molar-refractivity contribution in [2.75, 3.05) is 25.0 Å². The van der Waals surface area contributed by atoms with Crippen LogP contribution in [0.4, 0.5) is 15.3 Å². The molecule has 0 spiro atoms. The lowest BCUT2D eigenvalue weighted by atomic mass is 9.91. The third kappa shape index (κ3) is 5.52. The fourth-order valence-electron chi connectivity index (χ4n) is 3.77. The third-order valence-electron chi connectivity index (χ3n) is 5.16. The zero-order valence-corrected chi connectivity index (χ0v) is 19.2. The van der Waals surface area contributed by atoms with E-state index >= 15 is 0 Å². The van der Waals surface area contributed by atoms with Gasteiger partial charge in [-0.2, -0.15) is 0 Å². The van der Waals surface area contributed by atoms with E-state index in [-0.39, 0.29) is 18.7 Å². The molecule has 0 saturated carbocycles. The number of carbonyl (C=O) groups excluding carboxylic acids is 3. The predicted octanol–water partition coefficient (Wildman–Crippen LogP) is 4.28. The van der Waals surface area contributed by atoms with Crippen molar-refractivity contribution in [2.45, 2.75) is 33.2 Å². The molecule has 1 aliphatic heterocycles. The molecule has 0 radical (unpaired) electrons. The number of nitrogens with zero attached hydrogens (tertiary/aromatic N) is 1. The number of amides is 4. The molecule has 3 N–H and O–H groups in total. The van der Waals surface area contributed by atoms with Crippen LogP contribution in [-0.4, -0.2) is 42.6 Å². The van der Waals surface area contributed by atoms with Gasteiger partial charge in [0, 0.05) is 18.8 Å². The molecule has 2 aromatic carbocycles. The largest absolute Gasteiger partial charge is 0.463 e. The van der Waals surface area contributed by atoms with Crippen LogP contribution in [0.1, 0.15) is 44.4 Å². The Morgan fingerprint density at radius 2 is 1.73 bits per heavy atom. The number of hydrogen-bond acceptors (Lipinski definition) is 4. The number of hydrogen-bond donors (Lipinski definition) is 3. The Labute approximate surface area is 194 Å². The highest BCUT2D eigenvalue weighted by molar-refractivity contribution is 6.04. The molecule has 8 heteroatoms. The van der Waals surface area contributed by atoms with Crippen LogP contribution in [-0.2, 0) is 9.53 Å². The van der Waals surface area contributed by atoms with Gasteiger partial charge in [0.25, 0.3) is 0 Å². The molecule has 2 aromatic rings.